The maximum Gasteiger partial charge on any atom is 0.235 e. The van der Waals surface area contributed by atoms with Gasteiger partial charge in [-0.3, -0.25) is 4.79 Å². The molecule has 1 amide bonds. The Morgan fingerprint density at radius 2 is 2.24 bits per heavy atom. The smallest absolute Gasteiger partial charge is 0.235 e. The van der Waals surface area contributed by atoms with Gasteiger partial charge >= 0.3 is 0 Å². The molecule has 1 fully saturated rings. The van der Waals surface area contributed by atoms with Gasteiger partial charge in [-0.2, -0.15) is 0 Å². The van der Waals surface area contributed by atoms with Crippen molar-refractivity contribution in [3.8, 4) is 0 Å². The zero-order chi connectivity index (χ0) is 12.1. The minimum Gasteiger partial charge on any atom is -0.381 e. The minimum absolute atomic E-state index is 0.00306. The Balaban J connectivity index is 2.14. The van der Waals surface area contributed by atoms with Gasteiger partial charge in [-0.1, -0.05) is 30.3 Å². The number of halogens is 1. The van der Waals surface area contributed by atoms with Gasteiger partial charge in [0, 0.05) is 12.5 Å². The number of hydrogen-bond acceptors (Lipinski definition) is 2. The van der Waals surface area contributed by atoms with E-state index < -0.39 is 0 Å². The van der Waals surface area contributed by atoms with E-state index >= 15 is 0 Å². The number of alkyl halides is 1. The molecule has 1 aromatic rings. The maximum atomic E-state index is 11.5. The third-order valence-corrected chi connectivity index (χ3v) is 3.28. The zero-order valence-corrected chi connectivity index (χ0v) is 10.3. The van der Waals surface area contributed by atoms with Crippen molar-refractivity contribution in [3.63, 3.8) is 0 Å². The number of nitrogens with one attached hydrogen (secondary N) is 1. The highest BCUT2D eigenvalue weighted by Crippen LogP contribution is 2.28. The van der Waals surface area contributed by atoms with Gasteiger partial charge in [0.2, 0.25) is 5.91 Å². The summed E-state index contributed by atoms with van der Waals surface area (Å²) in [5.74, 6) is 0.202. The van der Waals surface area contributed by atoms with Crippen LogP contribution in [0.15, 0.2) is 30.3 Å². The van der Waals surface area contributed by atoms with Gasteiger partial charge in [0.05, 0.1) is 12.6 Å². The molecule has 0 saturated carbocycles. The quantitative estimate of drug-likeness (QED) is 0.835. The molecule has 0 aromatic heterocycles. The standard InChI is InChI=1S/C13H16ClNO2/c14-8-12(16)15-13(11-6-7-17-9-11)10-4-2-1-3-5-10/h1-5,11,13H,6-9H2,(H,15,16). The van der Waals surface area contributed by atoms with Crippen LogP contribution in [0.4, 0.5) is 0 Å². The maximum absolute atomic E-state index is 11.5. The van der Waals surface area contributed by atoms with Crippen LogP contribution in [0.5, 0.6) is 0 Å². The predicted molar refractivity (Wildman–Crippen MR) is 67.0 cm³/mol. The number of amides is 1. The first-order chi connectivity index (χ1) is 8.31. The summed E-state index contributed by atoms with van der Waals surface area (Å²) < 4.78 is 5.39. The fraction of sp³-hybridized carbons (Fsp3) is 0.462. The van der Waals surface area contributed by atoms with E-state index in [1.807, 2.05) is 30.3 Å². The van der Waals surface area contributed by atoms with Crippen molar-refractivity contribution < 1.29 is 9.53 Å². The highest BCUT2D eigenvalue weighted by atomic mass is 35.5. The molecule has 0 bridgehead atoms. The molecule has 2 unspecified atom stereocenters. The summed E-state index contributed by atoms with van der Waals surface area (Å²) in [6.45, 7) is 1.47. The third-order valence-electron chi connectivity index (χ3n) is 3.03. The second-order valence-corrected chi connectivity index (χ2v) is 4.48. The SMILES string of the molecule is O=C(CCl)NC(c1ccccc1)C1CCOC1. The Morgan fingerprint density at radius 3 is 2.82 bits per heavy atom. The van der Waals surface area contributed by atoms with Crippen LogP contribution in [-0.2, 0) is 9.53 Å². The van der Waals surface area contributed by atoms with E-state index in [1.165, 1.54) is 0 Å². The van der Waals surface area contributed by atoms with Gasteiger partial charge in [0.25, 0.3) is 0 Å². The molecule has 0 radical (unpaired) electrons. The lowest BCUT2D eigenvalue weighted by atomic mass is 9.92. The van der Waals surface area contributed by atoms with E-state index in [2.05, 4.69) is 5.32 Å². The Morgan fingerprint density at radius 1 is 1.47 bits per heavy atom. The van der Waals surface area contributed by atoms with Gasteiger partial charge in [-0.15, -0.1) is 11.6 Å². The van der Waals surface area contributed by atoms with Gasteiger partial charge < -0.3 is 10.1 Å². The van der Waals surface area contributed by atoms with Crippen molar-refractivity contribution in [3.05, 3.63) is 35.9 Å². The van der Waals surface area contributed by atoms with Crippen LogP contribution < -0.4 is 5.32 Å². The molecule has 1 aliphatic rings. The van der Waals surface area contributed by atoms with E-state index in [1.54, 1.807) is 0 Å². The van der Waals surface area contributed by atoms with Crippen LogP contribution in [0, 0.1) is 5.92 Å². The number of carbonyl (C=O) groups excluding carboxylic acids is 1. The van der Waals surface area contributed by atoms with E-state index in [0.29, 0.717) is 12.5 Å². The molecular weight excluding hydrogens is 238 g/mol. The van der Waals surface area contributed by atoms with Gasteiger partial charge in [0.15, 0.2) is 0 Å². The van der Waals surface area contributed by atoms with Crippen molar-refractivity contribution in [2.75, 3.05) is 19.1 Å². The average molecular weight is 254 g/mol. The number of benzene rings is 1. The van der Waals surface area contributed by atoms with Gasteiger partial charge in [0.1, 0.15) is 5.88 Å². The molecule has 1 aromatic carbocycles. The molecule has 0 spiro atoms. The van der Waals surface area contributed by atoms with E-state index in [0.717, 1.165) is 18.6 Å². The second-order valence-electron chi connectivity index (χ2n) is 4.21. The lowest BCUT2D eigenvalue weighted by Crippen LogP contribution is -2.34. The number of rotatable bonds is 4. The van der Waals surface area contributed by atoms with Crippen LogP contribution >= 0.6 is 11.6 Å². The van der Waals surface area contributed by atoms with E-state index in [-0.39, 0.29) is 17.8 Å². The Kier molecular flexibility index (Phi) is 4.40. The van der Waals surface area contributed by atoms with Crippen LogP contribution in [-0.4, -0.2) is 25.0 Å². The first-order valence-electron chi connectivity index (χ1n) is 5.79. The molecule has 2 atom stereocenters. The van der Waals surface area contributed by atoms with Gasteiger partial charge in [-0.25, -0.2) is 0 Å². The Bertz CT molecular complexity index is 363. The Hall–Kier alpha value is -1.06. The third kappa shape index (κ3) is 3.20. The number of hydrogen-bond donors (Lipinski definition) is 1. The summed E-state index contributed by atoms with van der Waals surface area (Å²) in [4.78, 5) is 11.5. The van der Waals surface area contributed by atoms with Crippen molar-refractivity contribution in [1.82, 2.24) is 5.32 Å². The summed E-state index contributed by atoms with van der Waals surface area (Å²) >= 11 is 5.55. The van der Waals surface area contributed by atoms with Crippen molar-refractivity contribution in [1.29, 1.82) is 0 Å². The molecule has 2 rings (SSSR count). The van der Waals surface area contributed by atoms with E-state index in [9.17, 15) is 4.79 Å². The van der Waals surface area contributed by atoms with E-state index in [4.69, 9.17) is 16.3 Å². The van der Waals surface area contributed by atoms with Crippen molar-refractivity contribution in [2.24, 2.45) is 5.92 Å². The average Bonchev–Trinajstić information content (AvgIpc) is 2.90. The fourth-order valence-corrected chi connectivity index (χ4v) is 2.24. The summed E-state index contributed by atoms with van der Waals surface area (Å²) in [6.07, 6.45) is 0.974. The Labute approximate surface area is 106 Å². The lowest BCUT2D eigenvalue weighted by molar-refractivity contribution is -0.119. The van der Waals surface area contributed by atoms with Crippen LogP contribution in [0.25, 0.3) is 0 Å². The van der Waals surface area contributed by atoms with Crippen molar-refractivity contribution in [2.45, 2.75) is 12.5 Å². The first kappa shape index (κ1) is 12.4. The monoisotopic (exact) mass is 253 g/mol. The first-order valence-corrected chi connectivity index (χ1v) is 6.32. The summed E-state index contributed by atoms with van der Waals surface area (Å²) in [5, 5.41) is 2.97. The summed E-state index contributed by atoms with van der Waals surface area (Å²) in [5.41, 5.74) is 1.11. The molecule has 3 nitrogen and oxygen atoms in total. The number of ether oxygens (including phenoxy) is 1. The predicted octanol–water partition coefficient (Wildman–Crippen LogP) is 2.12. The molecule has 0 aliphatic carbocycles. The minimum atomic E-state index is -0.132. The van der Waals surface area contributed by atoms with Crippen LogP contribution in [0.3, 0.4) is 0 Å². The molecule has 1 aliphatic heterocycles. The van der Waals surface area contributed by atoms with Crippen molar-refractivity contribution >= 4 is 17.5 Å². The molecule has 17 heavy (non-hydrogen) atoms. The fourth-order valence-electron chi connectivity index (χ4n) is 2.16. The zero-order valence-electron chi connectivity index (χ0n) is 9.56. The van der Waals surface area contributed by atoms with Gasteiger partial charge in [-0.05, 0) is 12.0 Å². The molecular formula is C13H16ClNO2. The molecule has 1 heterocycles. The highest BCUT2D eigenvalue weighted by molar-refractivity contribution is 6.27. The molecule has 1 saturated heterocycles. The summed E-state index contributed by atoms with van der Waals surface area (Å²) in [7, 11) is 0. The molecule has 4 heteroatoms. The van der Waals surface area contributed by atoms with Crippen LogP contribution in [0.2, 0.25) is 0 Å². The van der Waals surface area contributed by atoms with Crippen LogP contribution in [0.1, 0.15) is 18.0 Å². The molecule has 1 N–H and O–H groups in total. The summed E-state index contributed by atoms with van der Waals surface area (Å²) in [6, 6.07) is 9.98. The topological polar surface area (TPSA) is 38.3 Å². The lowest BCUT2D eigenvalue weighted by Gasteiger charge is -2.23. The number of carbonyl (C=O) groups is 1. The normalized spacial score (nSPS) is 21.1. The highest BCUT2D eigenvalue weighted by Gasteiger charge is 2.27. The largest absolute Gasteiger partial charge is 0.381 e. The second kappa shape index (κ2) is 6.03. The molecule has 92 valence electrons.